The largest absolute Gasteiger partial charge is 0.339 e. The van der Waals surface area contributed by atoms with Crippen molar-refractivity contribution >= 4 is 150 Å². The van der Waals surface area contributed by atoms with E-state index in [2.05, 4.69) is 317 Å². The summed E-state index contributed by atoms with van der Waals surface area (Å²) in [5.74, 6) is 1.73. The fraction of sp³-hybridized carbons (Fsp3) is 0.173. The minimum Gasteiger partial charge on any atom is -0.339 e. The lowest BCUT2D eigenvalue weighted by Crippen LogP contribution is -2.64. The summed E-state index contributed by atoms with van der Waals surface area (Å²) >= 11 is 0. The lowest BCUT2D eigenvalue weighted by molar-refractivity contribution is 0.0839. The van der Waals surface area contributed by atoms with Gasteiger partial charge in [0.15, 0.2) is 0 Å². The molecule has 0 spiro atoms. The van der Waals surface area contributed by atoms with Gasteiger partial charge in [-0.3, -0.25) is 0 Å². The molecular weight excluding hydrogens is 1320 g/mol. The molecule has 2 aliphatic heterocycles. The molecule has 0 bridgehead atoms. The van der Waals surface area contributed by atoms with Crippen LogP contribution in [-0.2, 0) is 0 Å². The number of hydrogen-bond donors (Lipinski definition) is 0. The lowest BCUT2D eigenvalue weighted by Gasteiger charge is -2.55. The van der Waals surface area contributed by atoms with E-state index >= 15 is 0 Å². The van der Waals surface area contributed by atoms with Gasteiger partial charge in [0, 0.05) is 73.4 Å². The molecule has 4 nitrogen and oxygen atoms in total. The minimum absolute atomic E-state index is 0.0531. The van der Waals surface area contributed by atoms with Crippen molar-refractivity contribution in [1.82, 2.24) is 0 Å². The molecule has 0 aromatic heterocycles. The Morgan fingerprint density at radius 1 is 0.312 bits per heavy atom. The smallest absolute Gasteiger partial charge is 0.252 e. The first-order valence-electron chi connectivity index (χ1n) is 42.6. The number of hydrogen-bond acceptors (Lipinski definition) is 4. The van der Waals surface area contributed by atoms with E-state index in [1.54, 1.807) is 0 Å². The SMILES string of the molecule is [2H]c1c([2H])c([2H])c(-c2cc3c4c(c2)N(C2C(C5CCCCC5)CCCC2C2CCCCC2)c2cc(N(c5ccccc5)c5ccc6ccc7cccc8ccc5c6c78)ccc2B4c2ccc(N(c4ccccc4)c4ccc5ccc6cccc7ccc4c5c67)cc2N3c2c(-c3ccccc3)cccc2-c2ccccc2)c([2H])c1[2H]. The first-order valence-corrected chi connectivity index (χ1v) is 40.1. The maximum Gasteiger partial charge on any atom is 0.252 e. The normalized spacial score (nSPS) is 18.0. The maximum absolute atomic E-state index is 10.2. The van der Waals surface area contributed by atoms with E-state index in [4.69, 9.17) is 0 Å². The number of rotatable bonds is 13. The van der Waals surface area contributed by atoms with Crippen molar-refractivity contribution in [2.45, 2.75) is 89.5 Å². The molecule has 2 unspecified atom stereocenters. The third-order valence-electron chi connectivity index (χ3n) is 26.1. The van der Waals surface area contributed by atoms with Crippen LogP contribution < -0.4 is 36.0 Å². The number of fused-ring (bicyclic) bond motifs is 4. The van der Waals surface area contributed by atoms with Crippen LogP contribution in [0.5, 0.6) is 0 Å². The van der Waals surface area contributed by atoms with Crippen LogP contribution in [0.15, 0.2) is 327 Å². The third-order valence-corrected chi connectivity index (χ3v) is 26.1. The van der Waals surface area contributed by atoms with Crippen LogP contribution in [0.3, 0.4) is 0 Å². The fourth-order valence-electron chi connectivity index (χ4n) is 21.5. The predicted molar refractivity (Wildman–Crippen MR) is 465 cm³/mol. The highest BCUT2D eigenvalue weighted by molar-refractivity contribution is 7.00. The molecule has 5 aliphatic rings. The Bertz CT molecular complexity index is 6480. The zero-order valence-corrected chi connectivity index (χ0v) is 61.2. The van der Waals surface area contributed by atoms with Crippen LogP contribution in [-0.4, -0.2) is 12.8 Å². The van der Waals surface area contributed by atoms with Gasteiger partial charge in [0.05, 0.1) is 23.9 Å². The van der Waals surface area contributed by atoms with Crippen molar-refractivity contribution < 1.29 is 6.85 Å². The topological polar surface area (TPSA) is 13.0 Å². The summed E-state index contributed by atoms with van der Waals surface area (Å²) in [5.41, 5.74) is 19.8. The van der Waals surface area contributed by atoms with Crippen molar-refractivity contribution in [2.75, 3.05) is 19.6 Å². The van der Waals surface area contributed by atoms with E-state index in [9.17, 15) is 6.85 Å². The molecular formula is C104H85BN4. The summed E-state index contributed by atoms with van der Waals surface area (Å²) < 4.78 is 48.9. The van der Waals surface area contributed by atoms with Gasteiger partial charge in [-0.2, -0.15) is 0 Å². The summed E-state index contributed by atoms with van der Waals surface area (Å²) in [5, 5.41) is 14.6. The van der Waals surface area contributed by atoms with Gasteiger partial charge >= 0.3 is 0 Å². The van der Waals surface area contributed by atoms with E-state index in [0.717, 1.165) is 108 Å². The van der Waals surface area contributed by atoms with Crippen LogP contribution in [0.25, 0.3) is 98.0 Å². The van der Waals surface area contributed by atoms with Gasteiger partial charge < -0.3 is 19.6 Å². The number of nitrogens with zero attached hydrogens (tertiary/aromatic N) is 4. The maximum atomic E-state index is 10.2. The van der Waals surface area contributed by atoms with Crippen molar-refractivity contribution in [2.24, 2.45) is 23.7 Å². The summed E-state index contributed by atoms with van der Waals surface area (Å²) in [6, 6.07) is 109. The van der Waals surface area contributed by atoms with Gasteiger partial charge in [0.1, 0.15) is 0 Å². The van der Waals surface area contributed by atoms with Crippen molar-refractivity contribution in [3.63, 3.8) is 0 Å². The lowest BCUT2D eigenvalue weighted by atomic mass is 9.33. The van der Waals surface area contributed by atoms with E-state index in [1.165, 1.54) is 141 Å². The summed E-state index contributed by atoms with van der Waals surface area (Å²) in [6.45, 7) is -0.377. The molecule has 524 valence electrons. The number of benzene rings is 17. The molecule has 22 rings (SSSR count). The first-order chi connectivity index (χ1) is 56.2. The predicted octanol–water partition coefficient (Wildman–Crippen LogP) is 27.1. The second kappa shape index (κ2) is 26.5. The van der Waals surface area contributed by atoms with Crippen molar-refractivity contribution in [3.05, 3.63) is 327 Å². The summed E-state index contributed by atoms with van der Waals surface area (Å²) in [7, 11) is 0. The molecule has 3 aliphatic carbocycles. The summed E-state index contributed by atoms with van der Waals surface area (Å²) in [6.07, 6.45) is 15.7. The molecule has 17 aromatic carbocycles. The van der Waals surface area contributed by atoms with Crippen molar-refractivity contribution in [3.8, 4) is 33.4 Å². The van der Waals surface area contributed by atoms with Gasteiger partial charge in [0.2, 0.25) is 0 Å². The Hall–Kier alpha value is -11.9. The standard InChI is InChI=1S/C104H85BN4/c1-8-26-68(27-9-1)79-64-96-102-97(65-79)109(104-86(71-32-14-4-15-33-71)46-25-47-87(104)72-34-16-5-17-35-72)95-67-83(107(81-42-20-7-21-43-81)93-63-55-78-51-49-74-37-23-39-76-53-59-89(93)101(78)99(74)76)57-61-91(95)105(102)90-60-56-82(66-94(90)108(96)103-84(69-28-10-2-11-29-69)44-24-45-85(103)70-30-12-3-13-31-70)106(80-40-18-6-19-41-80)92-62-54-77-50-48-73-36-22-38-75-52-58-88(92)100(77)98(73)75/h1-3,6-13,18-24,26-31,36-45,48-67,71-72,86-87,104H,4-5,14-17,25,32-35,46-47H2/i1D,8D,9D,26D,27D. The molecule has 0 saturated heterocycles. The second-order valence-corrected chi connectivity index (χ2v) is 31.8. The van der Waals surface area contributed by atoms with E-state index in [0.29, 0.717) is 29.2 Å². The van der Waals surface area contributed by atoms with Crippen LogP contribution in [0.2, 0.25) is 0 Å². The highest BCUT2D eigenvalue weighted by atomic mass is 15.2. The Morgan fingerprint density at radius 2 is 0.743 bits per heavy atom. The molecule has 5 heteroatoms. The molecule has 3 fully saturated rings. The first kappa shape index (κ1) is 59.2. The molecule has 0 radical (unpaired) electrons. The molecule has 0 N–H and O–H groups in total. The highest BCUT2D eigenvalue weighted by Gasteiger charge is 2.51. The molecule has 3 saturated carbocycles. The minimum atomic E-state index is -0.406. The summed E-state index contributed by atoms with van der Waals surface area (Å²) in [4.78, 5) is 10.5. The van der Waals surface area contributed by atoms with Crippen LogP contribution in [0.1, 0.15) is 90.3 Å². The van der Waals surface area contributed by atoms with E-state index in [1.807, 2.05) is 0 Å². The van der Waals surface area contributed by atoms with Gasteiger partial charge in [-0.25, -0.2) is 0 Å². The quantitative estimate of drug-likeness (QED) is 0.0842. The molecule has 109 heavy (non-hydrogen) atoms. The Kier molecular flexibility index (Phi) is 14.4. The van der Waals surface area contributed by atoms with Gasteiger partial charge in [-0.1, -0.05) is 325 Å². The Balaban J connectivity index is 0.886. The van der Waals surface area contributed by atoms with Gasteiger partial charge in [-0.15, -0.1) is 0 Å². The van der Waals surface area contributed by atoms with E-state index < -0.39 is 6.04 Å². The fourth-order valence-corrected chi connectivity index (χ4v) is 21.5. The molecule has 0 amide bonds. The third kappa shape index (κ3) is 10.5. The second-order valence-electron chi connectivity index (χ2n) is 31.8. The average Bonchev–Trinajstić information content (AvgIpc) is 0.685. The number of para-hydroxylation sites is 3. The van der Waals surface area contributed by atoms with Gasteiger partial charge in [-0.05, 0) is 202 Å². The molecule has 2 atom stereocenters. The average molecular weight is 1410 g/mol. The Labute approximate surface area is 646 Å². The van der Waals surface area contributed by atoms with E-state index in [-0.39, 0.29) is 42.5 Å². The zero-order valence-electron chi connectivity index (χ0n) is 66.2. The highest BCUT2D eigenvalue weighted by Crippen LogP contribution is 2.57. The Morgan fingerprint density at radius 3 is 1.25 bits per heavy atom. The van der Waals surface area contributed by atoms with Crippen LogP contribution >= 0.6 is 0 Å². The van der Waals surface area contributed by atoms with Crippen molar-refractivity contribution in [1.29, 1.82) is 0 Å². The monoisotopic (exact) mass is 1410 g/mol. The molecule has 2 heterocycles. The molecule has 17 aromatic rings. The zero-order chi connectivity index (χ0) is 76.0. The van der Waals surface area contributed by atoms with Crippen LogP contribution in [0.4, 0.5) is 62.6 Å². The number of anilines is 11. The van der Waals surface area contributed by atoms with Crippen LogP contribution in [0, 0.1) is 23.7 Å². The van der Waals surface area contributed by atoms with Gasteiger partial charge in [0.25, 0.3) is 6.71 Å².